The van der Waals surface area contributed by atoms with Gasteiger partial charge in [-0.1, -0.05) is 13.8 Å². The zero-order valence-electron chi connectivity index (χ0n) is 10.9. The van der Waals surface area contributed by atoms with E-state index in [0.717, 1.165) is 19.0 Å². The van der Waals surface area contributed by atoms with E-state index < -0.39 is 0 Å². The zero-order valence-corrected chi connectivity index (χ0v) is 10.9. The van der Waals surface area contributed by atoms with Crippen molar-refractivity contribution in [2.24, 2.45) is 0 Å². The van der Waals surface area contributed by atoms with Gasteiger partial charge < -0.3 is 4.74 Å². The fourth-order valence-electron chi connectivity index (χ4n) is 2.15. The molecule has 3 nitrogen and oxygen atoms in total. The fraction of sp³-hybridized carbons (Fsp3) is 0.643. The number of ether oxygens (including phenoxy) is 1. The van der Waals surface area contributed by atoms with Crippen molar-refractivity contribution in [2.45, 2.75) is 32.6 Å². The zero-order chi connectivity index (χ0) is 12.1. The second-order valence-corrected chi connectivity index (χ2v) is 4.98. The maximum atomic E-state index is 5.71. The molecule has 0 amide bonds. The Kier molecular flexibility index (Phi) is 4.37. The van der Waals surface area contributed by atoms with Crippen LogP contribution >= 0.6 is 0 Å². The Bertz CT molecular complexity index is 346. The van der Waals surface area contributed by atoms with E-state index in [1.165, 1.54) is 31.5 Å². The Labute approximate surface area is 104 Å². The van der Waals surface area contributed by atoms with Gasteiger partial charge in [-0.3, -0.25) is 4.90 Å². The lowest BCUT2D eigenvalue weighted by Crippen LogP contribution is -2.25. The molecule has 0 saturated carbocycles. The van der Waals surface area contributed by atoms with Gasteiger partial charge in [0.1, 0.15) is 6.61 Å². The van der Waals surface area contributed by atoms with Crippen LogP contribution in [0.3, 0.4) is 0 Å². The number of likely N-dealkylation sites (tertiary alicyclic amines) is 1. The van der Waals surface area contributed by atoms with E-state index in [1.807, 2.05) is 6.20 Å². The molecule has 0 aliphatic carbocycles. The van der Waals surface area contributed by atoms with E-state index in [2.05, 4.69) is 35.9 Å². The molecular weight excluding hydrogens is 212 g/mol. The molecule has 0 unspecified atom stereocenters. The molecule has 2 heterocycles. The number of rotatable bonds is 5. The smallest absolute Gasteiger partial charge is 0.213 e. The summed E-state index contributed by atoms with van der Waals surface area (Å²) in [6.45, 7) is 8.58. The maximum absolute atomic E-state index is 5.71. The molecule has 17 heavy (non-hydrogen) atoms. The minimum absolute atomic E-state index is 0.527. The quantitative estimate of drug-likeness (QED) is 0.783. The lowest BCUT2D eigenvalue weighted by Gasteiger charge is -2.15. The Morgan fingerprint density at radius 2 is 2.12 bits per heavy atom. The van der Waals surface area contributed by atoms with Crippen LogP contribution in [0.4, 0.5) is 0 Å². The summed E-state index contributed by atoms with van der Waals surface area (Å²) in [4.78, 5) is 6.70. The number of hydrogen-bond donors (Lipinski definition) is 0. The van der Waals surface area contributed by atoms with Crippen LogP contribution in [0.15, 0.2) is 18.3 Å². The second kappa shape index (κ2) is 6.01. The second-order valence-electron chi connectivity index (χ2n) is 4.98. The molecule has 1 aromatic rings. The largest absolute Gasteiger partial charge is 0.476 e. The topological polar surface area (TPSA) is 25.4 Å². The molecule has 0 aromatic carbocycles. The fourth-order valence-corrected chi connectivity index (χ4v) is 2.15. The highest BCUT2D eigenvalue weighted by atomic mass is 16.5. The van der Waals surface area contributed by atoms with Crippen molar-refractivity contribution in [3.63, 3.8) is 0 Å². The number of hydrogen-bond acceptors (Lipinski definition) is 3. The first-order chi connectivity index (χ1) is 8.25. The molecule has 2 rings (SSSR count). The van der Waals surface area contributed by atoms with Gasteiger partial charge in [-0.25, -0.2) is 4.98 Å². The van der Waals surface area contributed by atoms with E-state index >= 15 is 0 Å². The summed E-state index contributed by atoms with van der Waals surface area (Å²) in [7, 11) is 0. The van der Waals surface area contributed by atoms with Crippen molar-refractivity contribution in [3.05, 3.63) is 23.9 Å². The Hall–Kier alpha value is -1.09. The first-order valence-corrected chi connectivity index (χ1v) is 6.57. The standard InChI is InChI=1S/C14H22N2O/c1-12(2)13-5-6-15-14(11-13)17-10-9-16-7-3-4-8-16/h5-6,11-12H,3-4,7-10H2,1-2H3. The number of nitrogens with zero attached hydrogens (tertiary/aromatic N) is 2. The van der Waals surface area contributed by atoms with Crippen LogP contribution < -0.4 is 4.74 Å². The van der Waals surface area contributed by atoms with Gasteiger partial charge in [-0.2, -0.15) is 0 Å². The van der Waals surface area contributed by atoms with Gasteiger partial charge in [0.2, 0.25) is 5.88 Å². The lowest BCUT2D eigenvalue weighted by molar-refractivity contribution is 0.232. The van der Waals surface area contributed by atoms with Crippen molar-refractivity contribution in [1.29, 1.82) is 0 Å². The molecule has 0 N–H and O–H groups in total. The average Bonchev–Trinajstić information content (AvgIpc) is 2.82. The van der Waals surface area contributed by atoms with Crippen molar-refractivity contribution in [2.75, 3.05) is 26.2 Å². The summed E-state index contributed by atoms with van der Waals surface area (Å²) >= 11 is 0. The van der Waals surface area contributed by atoms with Gasteiger partial charge >= 0.3 is 0 Å². The van der Waals surface area contributed by atoms with E-state index in [1.54, 1.807) is 0 Å². The Morgan fingerprint density at radius 1 is 1.35 bits per heavy atom. The van der Waals surface area contributed by atoms with Crippen molar-refractivity contribution < 1.29 is 4.74 Å². The van der Waals surface area contributed by atoms with Crippen LogP contribution in [0.2, 0.25) is 0 Å². The summed E-state index contributed by atoms with van der Waals surface area (Å²) in [6.07, 6.45) is 4.50. The molecule has 0 radical (unpaired) electrons. The average molecular weight is 234 g/mol. The minimum Gasteiger partial charge on any atom is -0.476 e. The molecule has 0 spiro atoms. The van der Waals surface area contributed by atoms with Crippen molar-refractivity contribution >= 4 is 0 Å². The third kappa shape index (κ3) is 3.70. The van der Waals surface area contributed by atoms with Crippen LogP contribution in [-0.4, -0.2) is 36.1 Å². The van der Waals surface area contributed by atoms with E-state index in [4.69, 9.17) is 4.74 Å². The van der Waals surface area contributed by atoms with Gasteiger partial charge in [-0.05, 0) is 43.5 Å². The van der Waals surface area contributed by atoms with Crippen LogP contribution in [0.1, 0.15) is 38.2 Å². The van der Waals surface area contributed by atoms with E-state index in [0.29, 0.717) is 5.92 Å². The van der Waals surface area contributed by atoms with E-state index in [9.17, 15) is 0 Å². The molecule has 1 fully saturated rings. The van der Waals surface area contributed by atoms with E-state index in [-0.39, 0.29) is 0 Å². The van der Waals surface area contributed by atoms with Crippen LogP contribution in [-0.2, 0) is 0 Å². The molecule has 0 bridgehead atoms. The first kappa shape index (κ1) is 12.4. The first-order valence-electron chi connectivity index (χ1n) is 6.57. The molecule has 1 aliphatic rings. The number of pyridine rings is 1. The molecule has 1 aliphatic heterocycles. The molecular formula is C14H22N2O. The summed E-state index contributed by atoms with van der Waals surface area (Å²) in [5.41, 5.74) is 1.29. The highest BCUT2D eigenvalue weighted by Crippen LogP contribution is 2.17. The molecule has 3 heteroatoms. The van der Waals surface area contributed by atoms with Crippen LogP contribution in [0, 0.1) is 0 Å². The number of aromatic nitrogens is 1. The van der Waals surface area contributed by atoms with Crippen LogP contribution in [0.5, 0.6) is 5.88 Å². The van der Waals surface area contributed by atoms with Gasteiger partial charge in [0.15, 0.2) is 0 Å². The Morgan fingerprint density at radius 3 is 2.82 bits per heavy atom. The predicted octanol–water partition coefficient (Wildman–Crippen LogP) is 2.68. The SMILES string of the molecule is CC(C)c1ccnc(OCCN2CCCC2)c1. The minimum atomic E-state index is 0.527. The highest BCUT2D eigenvalue weighted by molar-refractivity contribution is 5.22. The molecule has 1 saturated heterocycles. The molecule has 94 valence electrons. The monoisotopic (exact) mass is 234 g/mol. The third-order valence-corrected chi connectivity index (χ3v) is 3.28. The summed E-state index contributed by atoms with van der Waals surface area (Å²) < 4.78 is 5.71. The normalized spacial score (nSPS) is 16.6. The summed E-state index contributed by atoms with van der Waals surface area (Å²) in [5, 5.41) is 0. The summed E-state index contributed by atoms with van der Waals surface area (Å²) in [6, 6.07) is 4.10. The Balaban J connectivity index is 1.79. The van der Waals surface area contributed by atoms with Crippen LogP contribution in [0.25, 0.3) is 0 Å². The maximum Gasteiger partial charge on any atom is 0.213 e. The van der Waals surface area contributed by atoms with Gasteiger partial charge in [0.05, 0.1) is 0 Å². The van der Waals surface area contributed by atoms with Gasteiger partial charge in [-0.15, -0.1) is 0 Å². The van der Waals surface area contributed by atoms with Gasteiger partial charge in [0, 0.05) is 18.8 Å². The lowest BCUT2D eigenvalue weighted by atomic mass is 10.1. The third-order valence-electron chi connectivity index (χ3n) is 3.28. The molecule has 1 aromatic heterocycles. The highest BCUT2D eigenvalue weighted by Gasteiger charge is 2.11. The van der Waals surface area contributed by atoms with Crippen molar-refractivity contribution in [3.8, 4) is 5.88 Å². The summed E-state index contributed by atoms with van der Waals surface area (Å²) in [5.74, 6) is 1.29. The van der Waals surface area contributed by atoms with Gasteiger partial charge in [0.25, 0.3) is 0 Å². The van der Waals surface area contributed by atoms with Crippen molar-refractivity contribution in [1.82, 2.24) is 9.88 Å². The predicted molar refractivity (Wildman–Crippen MR) is 69.5 cm³/mol. The molecule has 0 atom stereocenters.